The Bertz CT molecular complexity index is 704. The molecule has 2 aromatic rings. The van der Waals surface area contributed by atoms with E-state index in [-0.39, 0.29) is 5.91 Å². The molecule has 0 radical (unpaired) electrons. The van der Waals surface area contributed by atoms with E-state index in [1.54, 1.807) is 39.8 Å². The number of hydrogen-bond acceptors (Lipinski definition) is 5. The van der Waals surface area contributed by atoms with Crippen molar-refractivity contribution in [3.8, 4) is 0 Å². The number of rotatable bonds is 3. The Labute approximate surface area is 132 Å². The minimum atomic E-state index is -0.557. The van der Waals surface area contributed by atoms with Crippen LogP contribution in [0.5, 0.6) is 0 Å². The average Bonchev–Trinajstić information content (AvgIpc) is 2.77. The smallest absolute Gasteiger partial charge is 0.413 e. The van der Waals surface area contributed by atoms with Gasteiger partial charge in [-0.3, -0.25) is 10.1 Å². The first-order valence-corrected chi connectivity index (χ1v) is 7.79. The molecule has 0 saturated heterocycles. The van der Waals surface area contributed by atoms with Gasteiger partial charge in [-0.25, -0.2) is 9.78 Å². The van der Waals surface area contributed by atoms with Gasteiger partial charge in [0.2, 0.25) is 5.91 Å². The van der Waals surface area contributed by atoms with Gasteiger partial charge in [0.1, 0.15) is 5.60 Å². The molecule has 7 heteroatoms. The average molecular weight is 321 g/mol. The van der Waals surface area contributed by atoms with Crippen LogP contribution >= 0.6 is 11.3 Å². The Hall–Kier alpha value is -2.15. The van der Waals surface area contributed by atoms with Crippen LogP contribution in [0.1, 0.15) is 34.1 Å². The van der Waals surface area contributed by atoms with E-state index in [2.05, 4.69) is 15.6 Å². The van der Waals surface area contributed by atoms with E-state index in [0.717, 1.165) is 10.2 Å². The number of nitrogens with zero attached hydrogens (tertiary/aromatic N) is 1. The molecule has 1 heterocycles. The van der Waals surface area contributed by atoms with Crippen LogP contribution in [0.3, 0.4) is 0 Å². The standard InChI is InChI=1S/C15H19N3O3S/c1-5-12(19)16-9-6-7-10-11(8-9)22-13(17-10)18-14(20)21-15(2,3)4/h6-8H,5H2,1-4H3,(H,16,19)(H,17,18,20). The number of ether oxygens (including phenoxy) is 1. The van der Waals surface area contributed by atoms with Gasteiger partial charge < -0.3 is 10.1 Å². The van der Waals surface area contributed by atoms with Gasteiger partial charge >= 0.3 is 6.09 Å². The van der Waals surface area contributed by atoms with Crippen molar-refractivity contribution in [2.75, 3.05) is 10.6 Å². The number of aromatic nitrogens is 1. The molecule has 1 aromatic heterocycles. The van der Waals surface area contributed by atoms with Crippen molar-refractivity contribution in [2.45, 2.75) is 39.7 Å². The predicted octanol–water partition coefficient (Wildman–Crippen LogP) is 3.99. The van der Waals surface area contributed by atoms with Gasteiger partial charge in [-0.2, -0.15) is 0 Å². The molecule has 0 aliphatic rings. The number of hydrogen-bond donors (Lipinski definition) is 2. The molecule has 0 aliphatic carbocycles. The van der Waals surface area contributed by atoms with Crippen molar-refractivity contribution in [3.05, 3.63) is 18.2 Å². The van der Waals surface area contributed by atoms with Crippen LogP contribution in [-0.2, 0) is 9.53 Å². The SMILES string of the molecule is CCC(=O)Nc1ccc2nc(NC(=O)OC(C)(C)C)sc2c1. The molecule has 0 unspecified atom stereocenters. The van der Waals surface area contributed by atoms with E-state index in [1.165, 1.54) is 11.3 Å². The summed E-state index contributed by atoms with van der Waals surface area (Å²) in [6.45, 7) is 7.19. The first kappa shape index (κ1) is 16.2. The number of thiazole rings is 1. The summed E-state index contributed by atoms with van der Waals surface area (Å²) in [7, 11) is 0. The summed E-state index contributed by atoms with van der Waals surface area (Å²) < 4.78 is 6.06. The van der Waals surface area contributed by atoms with E-state index in [9.17, 15) is 9.59 Å². The van der Waals surface area contributed by atoms with Crippen molar-refractivity contribution < 1.29 is 14.3 Å². The second kappa shape index (κ2) is 6.31. The molecule has 0 aliphatic heterocycles. The molecule has 118 valence electrons. The zero-order valence-corrected chi connectivity index (χ0v) is 13.8. The molecule has 0 spiro atoms. The van der Waals surface area contributed by atoms with E-state index in [1.807, 2.05) is 6.07 Å². The Morgan fingerprint density at radius 3 is 2.64 bits per heavy atom. The molecular formula is C15H19N3O3S. The highest BCUT2D eigenvalue weighted by molar-refractivity contribution is 7.22. The van der Waals surface area contributed by atoms with E-state index < -0.39 is 11.7 Å². The summed E-state index contributed by atoms with van der Waals surface area (Å²) in [5.74, 6) is -0.0454. The summed E-state index contributed by atoms with van der Waals surface area (Å²) in [6, 6.07) is 5.42. The lowest BCUT2D eigenvalue weighted by atomic mass is 10.2. The maximum atomic E-state index is 11.7. The van der Waals surface area contributed by atoms with Crippen molar-refractivity contribution in [3.63, 3.8) is 0 Å². The molecule has 2 N–H and O–H groups in total. The predicted molar refractivity (Wildman–Crippen MR) is 88.4 cm³/mol. The third-order valence-corrected chi connectivity index (χ3v) is 3.53. The molecule has 0 saturated carbocycles. The highest BCUT2D eigenvalue weighted by atomic mass is 32.1. The third kappa shape index (κ3) is 4.42. The Morgan fingerprint density at radius 1 is 1.27 bits per heavy atom. The molecule has 0 atom stereocenters. The molecular weight excluding hydrogens is 302 g/mol. The zero-order valence-electron chi connectivity index (χ0n) is 13.0. The summed E-state index contributed by atoms with van der Waals surface area (Å²) in [5.41, 5.74) is 0.913. The van der Waals surface area contributed by atoms with Gasteiger partial charge in [0.25, 0.3) is 0 Å². The maximum absolute atomic E-state index is 11.7. The number of carbonyl (C=O) groups is 2. The second-order valence-corrected chi connectivity index (χ2v) is 6.76. The molecule has 2 amide bonds. The van der Waals surface area contributed by atoms with Gasteiger partial charge in [0.15, 0.2) is 5.13 Å². The second-order valence-electron chi connectivity index (χ2n) is 5.73. The molecule has 1 aromatic carbocycles. The fourth-order valence-corrected chi connectivity index (χ4v) is 2.59. The minimum Gasteiger partial charge on any atom is -0.444 e. The van der Waals surface area contributed by atoms with Crippen molar-refractivity contribution >= 4 is 44.4 Å². The lowest BCUT2D eigenvalue weighted by molar-refractivity contribution is -0.115. The van der Waals surface area contributed by atoms with Gasteiger partial charge in [-0.1, -0.05) is 18.3 Å². The Balaban J connectivity index is 2.13. The highest BCUT2D eigenvalue weighted by Crippen LogP contribution is 2.28. The summed E-state index contributed by atoms with van der Waals surface area (Å²) in [6.07, 6.45) is -0.113. The maximum Gasteiger partial charge on any atom is 0.413 e. The minimum absolute atomic E-state index is 0.0454. The van der Waals surface area contributed by atoms with Crippen LogP contribution in [0.15, 0.2) is 18.2 Å². The first-order chi connectivity index (χ1) is 10.3. The van der Waals surface area contributed by atoms with E-state index in [0.29, 0.717) is 17.2 Å². The van der Waals surface area contributed by atoms with Crippen LogP contribution in [-0.4, -0.2) is 22.6 Å². The normalized spacial score (nSPS) is 11.3. The molecule has 0 fully saturated rings. The number of anilines is 2. The van der Waals surface area contributed by atoms with Crippen molar-refractivity contribution in [1.29, 1.82) is 0 Å². The highest BCUT2D eigenvalue weighted by Gasteiger charge is 2.17. The lowest BCUT2D eigenvalue weighted by Crippen LogP contribution is -2.27. The first-order valence-electron chi connectivity index (χ1n) is 6.97. The number of nitrogens with one attached hydrogen (secondary N) is 2. The number of amides is 2. The number of benzene rings is 1. The van der Waals surface area contributed by atoms with Gasteiger partial charge in [0, 0.05) is 12.1 Å². The van der Waals surface area contributed by atoms with Gasteiger partial charge in [0.05, 0.1) is 10.2 Å². The van der Waals surface area contributed by atoms with Gasteiger partial charge in [-0.05, 0) is 39.0 Å². The topological polar surface area (TPSA) is 80.3 Å². The van der Waals surface area contributed by atoms with E-state index >= 15 is 0 Å². The molecule has 6 nitrogen and oxygen atoms in total. The van der Waals surface area contributed by atoms with Crippen molar-refractivity contribution in [2.24, 2.45) is 0 Å². The third-order valence-electron chi connectivity index (χ3n) is 2.60. The van der Waals surface area contributed by atoms with Crippen LogP contribution in [0.4, 0.5) is 15.6 Å². The van der Waals surface area contributed by atoms with Crippen LogP contribution in [0.2, 0.25) is 0 Å². The van der Waals surface area contributed by atoms with Crippen LogP contribution in [0.25, 0.3) is 10.2 Å². The lowest BCUT2D eigenvalue weighted by Gasteiger charge is -2.18. The van der Waals surface area contributed by atoms with Crippen LogP contribution < -0.4 is 10.6 Å². The van der Waals surface area contributed by atoms with Gasteiger partial charge in [-0.15, -0.1) is 0 Å². The Kier molecular flexibility index (Phi) is 4.65. The largest absolute Gasteiger partial charge is 0.444 e. The molecule has 2 rings (SSSR count). The fourth-order valence-electron chi connectivity index (χ4n) is 1.70. The summed E-state index contributed by atoms with van der Waals surface area (Å²) in [5, 5.41) is 5.87. The molecule has 22 heavy (non-hydrogen) atoms. The quantitative estimate of drug-likeness (QED) is 0.895. The monoisotopic (exact) mass is 321 g/mol. The van der Waals surface area contributed by atoms with E-state index in [4.69, 9.17) is 4.74 Å². The fraction of sp³-hybridized carbons (Fsp3) is 0.400. The zero-order chi connectivity index (χ0) is 16.3. The van der Waals surface area contributed by atoms with Crippen molar-refractivity contribution in [1.82, 2.24) is 4.98 Å². The summed E-state index contributed by atoms with van der Waals surface area (Å²) >= 11 is 1.33. The molecule has 0 bridgehead atoms. The number of carbonyl (C=O) groups excluding carboxylic acids is 2. The Morgan fingerprint density at radius 2 is 2.00 bits per heavy atom. The number of fused-ring (bicyclic) bond motifs is 1. The van der Waals surface area contributed by atoms with Crippen LogP contribution in [0, 0.1) is 0 Å². The summed E-state index contributed by atoms with van der Waals surface area (Å²) in [4.78, 5) is 27.5.